The van der Waals surface area contributed by atoms with Crippen LogP contribution in [0, 0.1) is 27.7 Å². The van der Waals surface area contributed by atoms with Crippen LogP contribution in [0.3, 0.4) is 0 Å². The lowest BCUT2D eigenvalue weighted by Gasteiger charge is -2.26. The molecular weight excluding hydrogens is 1700 g/mol. The maximum Gasteiger partial charge on any atom is 0.335 e. The Morgan fingerprint density at radius 2 is 0.742 bits per heavy atom. The number of nitrogens with one attached hydrogen (secondary N) is 5. The van der Waals surface area contributed by atoms with Crippen molar-refractivity contribution in [2.24, 2.45) is 40.9 Å². The minimum atomic E-state index is -4.77. The van der Waals surface area contributed by atoms with Crippen LogP contribution < -0.4 is 31.5 Å². The van der Waals surface area contributed by atoms with E-state index >= 15 is 0 Å². The molecule has 1 fully saturated rings. The average molecular weight is 1770 g/mol. The van der Waals surface area contributed by atoms with Crippen molar-refractivity contribution in [2.45, 2.75) is 47.3 Å². The van der Waals surface area contributed by atoms with E-state index in [9.17, 15) is 71.1 Å². The molecule has 3 heterocycles. The number of benzene rings is 10. The van der Waals surface area contributed by atoms with Crippen molar-refractivity contribution in [3.05, 3.63) is 227 Å². The first-order valence-corrected chi connectivity index (χ1v) is 41.9. The van der Waals surface area contributed by atoms with Crippen LogP contribution in [-0.4, -0.2) is 185 Å². The van der Waals surface area contributed by atoms with Gasteiger partial charge in [0, 0.05) is 78.0 Å². The number of aromatic carboxylic acids is 4. The van der Waals surface area contributed by atoms with Gasteiger partial charge in [0.2, 0.25) is 23.8 Å². The zero-order valence-corrected chi connectivity index (χ0v) is 69.0. The fourth-order valence-corrected chi connectivity index (χ4v) is 14.3. The van der Waals surface area contributed by atoms with Gasteiger partial charge in [-0.25, -0.2) is 19.2 Å². The summed E-state index contributed by atoms with van der Waals surface area (Å²) in [6.07, 6.45) is 0. The van der Waals surface area contributed by atoms with Crippen LogP contribution in [0.15, 0.2) is 242 Å². The summed E-state index contributed by atoms with van der Waals surface area (Å²) in [4.78, 5) is 70.2. The second kappa shape index (κ2) is 40.2. The van der Waals surface area contributed by atoms with Crippen LogP contribution in [0.4, 0.5) is 92.0 Å². The first kappa shape index (κ1) is 91.7. The van der Waals surface area contributed by atoms with Crippen molar-refractivity contribution < 1.29 is 101 Å². The van der Waals surface area contributed by atoms with Gasteiger partial charge in [0.25, 0.3) is 40.5 Å². The van der Waals surface area contributed by atoms with Crippen LogP contribution in [0.25, 0.3) is 21.5 Å². The van der Waals surface area contributed by atoms with Gasteiger partial charge in [0.15, 0.2) is 0 Å². The fourth-order valence-electron chi connectivity index (χ4n) is 11.4. The summed E-state index contributed by atoms with van der Waals surface area (Å²) in [5.41, 5.74) is 6.11. The molecule has 12 aromatic rings. The minimum Gasteiger partial charge on any atom is -0.478 e. The van der Waals surface area contributed by atoms with Crippen molar-refractivity contribution in [1.29, 1.82) is 0 Å². The Morgan fingerprint density at radius 3 is 1.15 bits per heavy atom. The van der Waals surface area contributed by atoms with Crippen LogP contribution >= 0.6 is 0 Å². The SMILES string of the molecule is CNc1ccc(N=Nc2cc(C(=O)O)cc(C(=O)O)c2)cc1.CNc1ccc(N=Nc2cc(S(=O)(=O)O)c3cccc(S(=O)(=O)O)c3c2)c(C)c1.Cc1nc(NCCO)nc(Nc2ccc(N=Nc3cc(S(=O)(=O)O)c4cccc(S(=O)(=O)O)c4c3)c(C)c2)n1.Cc1nc(Nc2ccc(N=Nc3cc(C(=O)O)cc(C(=O)O)c3)cc2)nc(N2CCOCC2)n1. The van der Waals surface area contributed by atoms with E-state index < -0.39 is 83.9 Å². The summed E-state index contributed by atoms with van der Waals surface area (Å²) in [5.74, 6) is -2.31. The van der Waals surface area contributed by atoms with E-state index in [0.717, 1.165) is 59.0 Å². The standard InChI is InChI=1S/C23H23N7O7S2.C22H21N7O5.C18H17N3O6S2.C15H13N3O4/c1-13-10-15(27-23-26-14(2)25-22(28-23)24-8-9-31)6-7-19(13)30-29-16-11-18-17(21(12-16)39(35,36)37)4-3-5-20(18)38(32,33)34;1-13-23-21(26-22(24-13)29-6-8-34-9-7-29)25-16-2-4-17(5-3-16)27-28-18-11-14(19(30)31)10-15(12-18)20(32)33;1-11-8-12(19-2)6-7-16(11)21-20-13-9-15-14(18(10-13)29(25,26)27)4-3-5-17(15)28(22,23)24;1-16-11-2-4-12(5-3-11)17-18-13-7-9(14(19)20)6-10(8-13)15(21)22/h3-7,10-12,31H,8-9H2,1-2H3,(H,32,33,34)(H,35,36,37)(H2,24,25,26,27,28);2-5,10-12H,6-9H2,1H3,(H,30,31)(H,32,33)(H,23,24,25,26);3-10,19H,1-2H3,(H,22,23,24)(H,25,26,27);2-8,16H,1H3,(H,19,20)(H,21,22). The van der Waals surface area contributed by atoms with Crippen LogP contribution in [0.2, 0.25) is 0 Å². The highest BCUT2D eigenvalue weighted by atomic mass is 32.2. The molecule has 0 spiro atoms. The lowest BCUT2D eigenvalue weighted by molar-refractivity contribution is 0.0676. The number of carboxylic acids is 4. The molecule has 0 atom stereocenters. The number of aryl methyl sites for hydroxylation is 4. The number of nitrogens with zero attached hydrogens (tertiary/aromatic N) is 15. The number of fused-ring (bicyclic) bond motifs is 2. The molecule has 124 heavy (non-hydrogen) atoms. The highest BCUT2D eigenvalue weighted by molar-refractivity contribution is 7.87. The minimum absolute atomic E-state index is 0.0154. The summed E-state index contributed by atoms with van der Waals surface area (Å²) in [6.45, 7) is 9.95. The molecule has 46 heteroatoms. The van der Waals surface area contributed by atoms with E-state index in [1.165, 1.54) is 60.7 Å². The molecule has 0 radical (unpaired) electrons. The Hall–Kier alpha value is -14.6. The number of anilines is 8. The van der Waals surface area contributed by atoms with Gasteiger partial charge in [-0.3, -0.25) is 18.2 Å². The largest absolute Gasteiger partial charge is 0.478 e. The Morgan fingerprint density at radius 1 is 0.379 bits per heavy atom. The zero-order chi connectivity index (χ0) is 90.0. The van der Waals surface area contributed by atoms with Crippen molar-refractivity contribution in [1.82, 2.24) is 29.9 Å². The normalized spacial score (nSPS) is 12.4. The molecule has 42 nitrogen and oxygen atoms in total. The number of carbonyl (C=O) groups is 4. The third-order valence-corrected chi connectivity index (χ3v) is 20.8. The smallest absolute Gasteiger partial charge is 0.335 e. The molecular formula is C78H74N20O22S4. The molecule has 0 unspecified atom stereocenters. The van der Waals surface area contributed by atoms with Gasteiger partial charge in [-0.2, -0.15) is 104 Å². The van der Waals surface area contributed by atoms with Crippen molar-refractivity contribution in [3.8, 4) is 0 Å². The summed E-state index contributed by atoms with van der Waals surface area (Å²) in [7, 11) is -15.3. The van der Waals surface area contributed by atoms with E-state index in [1.54, 1.807) is 102 Å². The third kappa shape index (κ3) is 25.2. The van der Waals surface area contributed by atoms with Gasteiger partial charge in [0.1, 0.15) is 31.2 Å². The molecule has 0 aliphatic carbocycles. The molecule has 14 N–H and O–H groups in total. The van der Waals surface area contributed by atoms with E-state index in [2.05, 4.69) is 97.4 Å². The summed E-state index contributed by atoms with van der Waals surface area (Å²) < 4.78 is 138. The van der Waals surface area contributed by atoms with E-state index in [1.807, 2.05) is 30.0 Å². The van der Waals surface area contributed by atoms with Crippen molar-refractivity contribution in [3.63, 3.8) is 0 Å². The van der Waals surface area contributed by atoms with Crippen LogP contribution in [0.1, 0.15) is 64.2 Å². The summed E-state index contributed by atoms with van der Waals surface area (Å²) >= 11 is 0. The molecule has 2 aromatic heterocycles. The predicted octanol–water partition coefficient (Wildman–Crippen LogP) is 14.9. The number of azo groups is 4. The third-order valence-electron chi connectivity index (χ3n) is 17.2. The zero-order valence-electron chi connectivity index (χ0n) is 65.7. The molecule has 1 saturated heterocycles. The lowest BCUT2D eigenvalue weighted by Crippen LogP contribution is -2.37. The van der Waals surface area contributed by atoms with Gasteiger partial charge in [-0.1, -0.05) is 24.3 Å². The van der Waals surface area contributed by atoms with Gasteiger partial charge in [0.05, 0.1) is 87.6 Å². The van der Waals surface area contributed by atoms with E-state index in [-0.39, 0.29) is 85.6 Å². The number of aliphatic hydroxyl groups excluding tert-OH is 1. The van der Waals surface area contributed by atoms with Crippen molar-refractivity contribution >= 4 is 178 Å². The number of rotatable bonds is 26. The lowest BCUT2D eigenvalue weighted by atomic mass is 10.1. The monoisotopic (exact) mass is 1770 g/mol. The van der Waals surface area contributed by atoms with Crippen LogP contribution in [0.5, 0.6) is 0 Å². The molecule has 1 aliphatic heterocycles. The Kier molecular flexibility index (Phi) is 29.7. The number of aliphatic hydroxyl groups is 1. The van der Waals surface area contributed by atoms with E-state index in [0.29, 0.717) is 89.8 Å². The predicted molar refractivity (Wildman–Crippen MR) is 453 cm³/mol. The maximum atomic E-state index is 12.0. The second-order valence-corrected chi connectivity index (χ2v) is 31.7. The molecule has 0 saturated carbocycles. The quantitative estimate of drug-likeness (QED) is 0.0177. The molecule has 0 bridgehead atoms. The van der Waals surface area contributed by atoms with Gasteiger partial charge >= 0.3 is 23.9 Å². The average Bonchev–Trinajstić information content (AvgIpc) is 0.762. The number of hydrogen-bond donors (Lipinski definition) is 14. The number of carboxylic acid groups (broad SMARTS) is 4. The first-order chi connectivity index (χ1) is 58.7. The Balaban J connectivity index is 0.000000176. The summed E-state index contributed by atoms with van der Waals surface area (Å²) in [5, 5.41) is 92.0. The van der Waals surface area contributed by atoms with Gasteiger partial charge in [-0.05, 0) is 197 Å². The maximum absolute atomic E-state index is 12.0. The number of ether oxygens (including phenoxy) is 1. The van der Waals surface area contributed by atoms with Gasteiger partial charge < -0.3 is 61.8 Å². The molecule has 642 valence electrons. The first-order valence-electron chi connectivity index (χ1n) is 36.1. The second-order valence-electron chi connectivity index (χ2n) is 26.2. The summed E-state index contributed by atoms with van der Waals surface area (Å²) in [6, 6.07) is 43.5. The van der Waals surface area contributed by atoms with Crippen molar-refractivity contribution in [2.75, 3.05) is 85.0 Å². The number of hydrogen-bond acceptors (Lipinski definition) is 34. The molecule has 10 aromatic carbocycles. The highest BCUT2D eigenvalue weighted by Crippen LogP contribution is 2.38. The highest BCUT2D eigenvalue weighted by Gasteiger charge is 2.25. The van der Waals surface area contributed by atoms with E-state index in [4.69, 9.17) is 30.3 Å². The molecule has 1 aliphatic rings. The number of aromatic nitrogens is 6. The van der Waals surface area contributed by atoms with Gasteiger partial charge in [-0.15, -0.1) is 0 Å². The molecule has 13 rings (SSSR count). The van der Waals surface area contributed by atoms with Crippen LogP contribution in [-0.2, 0) is 45.2 Å². The Labute approximate surface area is 705 Å². The topological polar surface area (TPSA) is 636 Å². The fraction of sp³-hybridized carbons (Fsp3) is 0.154. The Bertz CT molecular complexity index is 6650. The number of morpholine rings is 1. The molecule has 0 amide bonds.